The Kier molecular flexibility index (Phi) is 6.53. The van der Waals surface area contributed by atoms with Crippen LogP contribution in [0.1, 0.15) is 0 Å². The fraction of sp³-hybridized carbons (Fsp3) is 0. The summed E-state index contributed by atoms with van der Waals surface area (Å²) in [6, 6.07) is 67.5. The molecule has 0 fully saturated rings. The molecule has 1 heterocycles. The Hall–Kier alpha value is -6.64. The number of benzene rings is 9. The highest BCUT2D eigenvalue weighted by Gasteiger charge is 2.20. The van der Waals surface area contributed by atoms with Gasteiger partial charge in [-0.15, -0.1) is 0 Å². The highest BCUT2D eigenvalue weighted by Crippen LogP contribution is 2.45. The van der Waals surface area contributed by atoms with Crippen molar-refractivity contribution in [2.75, 3.05) is 4.90 Å². The van der Waals surface area contributed by atoms with Gasteiger partial charge in [0.05, 0.1) is 5.69 Å². The maximum Gasteiger partial charge on any atom is 0.136 e. The minimum absolute atomic E-state index is 0.906. The van der Waals surface area contributed by atoms with Crippen LogP contribution in [0.25, 0.3) is 76.5 Å². The first kappa shape index (κ1) is 28.4. The molecule has 0 aliphatic rings. The van der Waals surface area contributed by atoms with Crippen molar-refractivity contribution < 1.29 is 4.42 Å². The molecule has 1 aromatic heterocycles. The van der Waals surface area contributed by atoms with Crippen LogP contribution in [0, 0.1) is 0 Å². The summed E-state index contributed by atoms with van der Waals surface area (Å²) in [6.07, 6.45) is 0. The highest BCUT2D eigenvalue weighted by atomic mass is 16.3. The molecular formula is C48H31NO. The Bertz CT molecular complexity index is 2870. The summed E-state index contributed by atoms with van der Waals surface area (Å²) in [5.41, 5.74) is 9.85. The van der Waals surface area contributed by atoms with Crippen molar-refractivity contribution in [3.63, 3.8) is 0 Å². The van der Waals surface area contributed by atoms with E-state index in [4.69, 9.17) is 4.42 Å². The molecule has 0 saturated heterocycles. The summed E-state index contributed by atoms with van der Waals surface area (Å²) in [5, 5.41) is 9.66. The molecule has 0 N–H and O–H groups in total. The summed E-state index contributed by atoms with van der Waals surface area (Å²) in [4.78, 5) is 2.40. The monoisotopic (exact) mass is 637 g/mol. The van der Waals surface area contributed by atoms with E-state index in [9.17, 15) is 0 Å². The van der Waals surface area contributed by atoms with E-state index in [2.05, 4.69) is 187 Å². The van der Waals surface area contributed by atoms with Gasteiger partial charge in [0, 0.05) is 33.3 Å². The molecule has 0 amide bonds. The Balaban J connectivity index is 1.19. The van der Waals surface area contributed by atoms with Crippen LogP contribution in [-0.4, -0.2) is 0 Å². The minimum Gasteiger partial charge on any atom is -0.456 e. The van der Waals surface area contributed by atoms with Crippen molar-refractivity contribution in [1.82, 2.24) is 0 Å². The van der Waals surface area contributed by atoms with Crippen molar-refractivity contribution >= 4 is 71.3 Å². The first-order valence-electron chi connectivity index (χ1n) is 17.1. The van der Waals surface area contributed by atoms with E-state index in [1.165, 1.54) is 49.0 Å². The standard InChI is InChI=1S/C48H31NO/c1-2-12-32(13-3-1)41-17-8-10-20-44(41)49(38-28-29-40-36(30-38)23-22-33-14-4-6-16-39(33)40)37-26-24-34(25-27-37)47-42-18-7-5-15-35(42)31-46-48(47)43-19-9-11-21-45(43)50-46/h1-31H. The van der Waals surface area contributed by atoms with Crippen molar-refractivity contribution in [1.29, 1.82) is 0 Å². The third kappa shape index (κ3) is 4.57. The quantitative estimate of drug-likeness (QED) is 0.175. The molecule has 10 rings (SSSR count). The van der Waals surface area contributed by atoms with Gasteiger partial charge in [-0.25, -0.2) is 0 Å². The van der Waals surface area contributed by atoms with Crippen LogP contribution in [0.4, 0.5) is 17.1 Å². The number of anilines is 3. The van der Waals surface area contributed by atoms with Crippen LogP contribution in [0.5, 0.6) is 0 Å². The fourth-order valence-corrected chi connectivity index (χ4v) is 7.72. The second-order valence-corrected chi connectivity index (χ2v) is 12.9. The van der Waals surface area contributed by atoms with Crippen LogP contribution in [0.2, 0.25) is 0 Å². The third-order valence-electron chi connectivity index (χ3n) is 10.0. The topological polar surface area (TPSA) is 16.4 Å². The van der Waals surface area contributed by atoms with Gasteiger partial charge in [-0.2, -0.15) is 0 Å². The number of rotatable bonds is 5. The first-order valence-corrected chi connectivity index (χ1v) is 17.1. The van der Waals surface area contributed by atoms with Gasteiger partial charge in [0.15, 0.2) is 0 Å². The highest BCUT2D eigenvalue weighted by molar-refractivity contribution is 6.20. The van der Waals surface area contributed by atoms with Crippen LogP contribution in [0.15, 0.2) is 192 Å². The molecule has 0 atom stereocenters. The molecule has 0 bridgehead atoms. The molecule has 0 radical (unpaired) electrons. The van der Waals surface area contributed by atoms with Gasteiger partial charge in [0.1, 0.15) is 11.2 Å². The number of hydrogen-bond donors (Lipinski definition) is 0. The molecule has 234 valence electrons. The molecule has 9 aromatic carbocycles. The van der Waals surface area contributed by atoms with Gasteiger partial charge in [-0.3, -0.25) is 0 Å². The van der Waals surface area contributed by atoms with E-state index < -0.39 is 0 Å². The van der Waals surface area contributed by atoms with E-state index in [-0.39, 0.29) is 0 Å². The summed E-state index contributed by atoms with van der Waals surface area (Å²) >= 11 is 0. The normalized spacial score (nSPS) is 11.6. The minimum atomic E-state index is 0.906. The van der Waals surface area contributed by atoms with Crippen molar-refractivity contribution in [2.45, 2.75) is 0 Å². The summed E-state index contributed by atoms with van der Waals surface area (Å²) < 4.78 is 6.41. The van der Waals surface area contributed by atoms with Gasteiger partial charge in [0.2, 0.25) is 0 Å². The Labute approximate surface area is 290 Å². The molecule has 0 unspecified atom stereocenters. The van der Waals surface area contributed by atoms with E-state index >= 15 is 0 Å². The lowest BCUT2D eigenvalue weighted by Gasteiger charge is -2.28. The Morgan fingerprint density at radius 2 is 0.980 bits per heavy atom. The van der Waals surface area contributed by atoms with Gasteiger partial charge >= 0.3 is 0 Å². The summed E-state index contributed by atoms with van der Waals surface area (Å²) in [5.74, 6) is 0. The molecule has 0 aliphatic heterocycles. The van der Waals surface area contributed by atoms with Crippen LogP contribution < -0.4 is 4.90 Å². The zero-order chi connectivity index (χ0) is 33.0. The van der Waals surface area contributed by atoms with Crippen molar-refractivity contribution in [3.8, 4) is 22.3 Å². The fourth-order valence-electron chi connectivity index (χ4n) is 7.72. The van der Waals surface area contributed by atoms with Crippen molar-refractivity contribution in [2.24, 2.45) is 0 Å². The average Bonchev–Trinajstić information content (AvgIpc) is 3.56. The molecule has 50 heavy (non-hydrogen) atoms. The van der Waals surface area contributed by atoms with Gasteiger partial charge in [-0.1, -0.05) is 146 Å². The van der Waals surface area contributed by atoms with Gasteiger partial charge in [-0.05, 0) is 85.9 Å². The lowest BCUT2D eigenvalue weighted by Crippen LogP contribution is -2.11. The number of para-hydroxylation sites is 2. The lowest BCUT2D eigenvalue weighted by atomic mass is 9.93. The lowest BCUT2D eigenvalue weighted by molar-refractivity contribution is 0.669. The number of furan rings is 1. The molecule has 0 saturated carbocycles. The zero-order valence-corrected chi connectivity index (χ0v) is 27.3. The van der Waals surface area contributed by atoms with Gasteiger partial charge in [0.25, 0.3) is 0 Å². The molecular weight excluding hydrogens is 607 g/mol. The Morgan fingerprint density at radius 3 is 1.84 bits per heavy atom. The van der Waals surface area contributed by atoms with E-state index in [1.54, 1.807) is 0 Å². The summed E-state index contributed by atoms with van der Waals surface area (Å²) in [7, 11) is 0. The molecule has 2 heteroatoms. The third-order valence-corrected chi connectivity index (χ3v) is 10.0. The first-order chi connectivity index (χ1) is 24.8. The zero-order valence-electron chi connectivity index (χ0n) is 27.3. The van der Waals surface area contributed by atoms with E-state index in [0.29, 0.717) is 0 Å². The summed E-state index contributed by atoms with van der Waals surface area (Å²) in [6.45, 7) is 0. The van der Waals surface area contributed by atoms with Crippen LogP contribution in [-0.2, 0) is 0 Å². The van der Waals surface area contributed by atoms with Crippen LogP contribution in [0.3, 0.4) is 0 Å². The molecule has 2 nitrogen and oxygen atoms in total. The van der Waals surface area contributed by atoms with E-state index in [1.807, 2.05) is 6.07 Å². The number of hydrogen-bond acceptors (Lipinski definition) is 2. The average molecular weight is 638 g/mol. The maximum absolute atomic E-state index is 6.41. The molecule has 0 aliphatic carbocycles. The molecule has 10 aromatic rings. The second kappa shape index (κ2) is 11.5. The SMILES string of the molecule is c1ccc(-c2ccccc2N(c2ccc(-c3c4ccccc4cc4oc5ccccc5c34)cc2)c2ccc3c(ccc4ccccc43)c2)cc1. The predicted molar refractivity (Wildman–Crippen MR) is 212 cm³/mol. The number of nitrogens with zero attached hydrogens (tertiary/aromatic N) is 1. The van der Waals surface area contributed by atoms with Gasteiger partial charge < -0.3 is 9.32 Å². The molecule has 0 spiro atoms. The number of fused-ring (bicyclic) bond motifs is 7. The predicted octanol–water partition coefficient (Wildman–Crippen LogP) is 13.8. The Morgan fingerprint density at radius 1 is 0.360 bits per heavy atom. The van der Waals surface area contributed by atoms with Crippen LogP contribution >= 0.6 is 0 Å². The smallest absolute Gasteiger partial charge is 0.136 e. The second-order valence-electron chi connectivity index (χ2n) is 12.9. The maximum atomic E-state index is 6.41. The van der Waals surface area contributed by atoms with Crippen molar-refractivity contribution in [3.05, 3.63) is 188 Å². The van der Waals surface area contributed by atoms with E-state index in [0.717, 1.165) is 44.6 Å². The largest absolute Gasteiger partial charge is 0.456 e.